The van der Waals surface area contributed by atoms with Gasteiger partial charge in [-0.2, -0.15) is 0 Å². The second kappa shape index (κ2) is 9.43. The highest BCUT2D eigenvalue weighted by Crippen LogP contribution is 2.27. The van der Waals surface area contributed by atoms with E-state index >= 15 is 0 Å². The number of carbonyl (C=O) groups is 2. The fourth-order valence-electron chi connectivity index (χ4n) is 3.25. The lowest BCUT2D eigenvalue weighted by atomic mass is 10.0. The number of phenolic OH excluding ortho intramolecular Hbond substituents is 1. The number of benzene rings is 2. The van der Waals surface area contributed by atoms with Gasteiger partial charge in [0.15, 0.2) is 17.3 Å². The van der Waals surface area contributed by atoms with E-state index in [2.05, 4.69) is 15.3 Å². The Bertz CT molecular complexity index is 1010. The van der Waals surface area contributed by atoms with Crippen LogP contribution in [0.15, 0.2) is 42.5 Å². The summed E-state index contributed by atoms with van der Waals surface area (Å²) in [4.78, 5) is 32.9. The van der Waals surface area contributed by atoms with Crippen molar-refractivity contribution in [2.24, 2.45) is 5.92 Å². The van der Waals surface area contributed by atoms with Gasteiger partial charge in [0, 0.05) is 18.4 Å². The molecule has 30 heavy (non-hydrogen) atoms. The number of aromatic hydroxyl groups is 1. The minimum Gasteiger partial charge on any atom is -0.504 e. The molecule has 158 valence electrons. The molecule has 7 heteroatoms. The first-order chi connectivity index (χ1) is 14.4. The van der Waals surface area contributed by atoms with Crippen LogP contribution >= 0.6 is 0 Å². The van der Waals surface area contributed by atoms with Crippen molar-refractivity contribution in [3.8, 4) is 11.5 Å². The van der Waals surface area contributed by atoms with E-state index in [1.54, 1.807) is 6.92 Å². The molecule has 0 fully saturated rings. The number of imidazole rings is 1. The van der Waals surface area contributed by atoms with Crippen LogP contribution in [0.4, 0.5) is 0 Å². The SMILES string of the molecule is CCOc1cc(C(=O)CCC(=O)N[C@H](c2nc3ccccc3[nH]2)C(C)C)ccc1O. The first-order valence-electron chi connectivity index (χ1n) is 10.1. The summed E-state index contributed by atoms with van der Waals surface area (Å²) >= 11 is 0. The molecule has 0 bridgehead atoms. The lowest BCUT2D eigenvalue weighted by Crippen LogP contribution is -2.32. The molecule has 1 amide bonds. The number of amides is 1. The van der Waals surface area contributed by atoms with Gasteiger partial charge in [0.25, 0.3) is 0 Å². The van der Waals surface area contributed by atoms with Gasteiger partial charge in [-0.25, -0.2) is 4.98 Å². The molecule has 0 saturated carbocycles. The van der Waals surface area contributed by atoms with E-state index in [0.717, 1.165) is 11.0 Å². The molecule has 1 aromatic heterocycles. The third-order valence-corrected chi connectivity index (χ3v) is 4.85. The van der Waals surface area contributed by atoms with Crippen molar-refractivity contribution in [2.45, 2.75) is 39.7 Å². The summed E-state index contributed by atoms with van der Waals surface area (Å²) in [5.41, 5.74) is 2.17. The number of rotatable bonds is 9. The highest BCUT2D eigenvalue weighted by Gasteiger charge is 2.22. The molecule has 0 aliphatic rings. The van der Waals surface area contributed by atoms with Crippen LogP contribution in [-0.4, -0.2) is 33.4 Å². The van der Waals surface area contributed by atoms with Crippen LogP contribution in [-0.2, 0) is 4.79 Å². The summed E-state index contributed by atoms with van der Waals surface area (Å²) in [6.07, 6.45) is 0.125. The van der Waals surface area contributed by atoms with Crippen molar-refractivity contribution in [3.05, 3.63) is 53.9 Å². The van der Waals surface area contributed by atoms with Crippen LogP contribution in [0.3, 0.4) is 0 Å². The molecule has 0 unspecified atom stereocenters. The Morgan fingerprint density at radius 1 is 1.17 bits per heavy atom. The number of carbonyl (C=O) groups excluding carboxylic acids is 2. The number of hydrogen-bond acceptors (Lipinski definition) is 5. The third-order valence-electron chi connectivity index (χ3n) is 4.85. The lowest BCUT2D eigenvalue weighted by molar-refractivity contribution is -0.122. The number of nitrogens with one attached hydrogen (secondary N) is 2. The van der Waals surface area contributed by atoms with Gasteiger partial charge in [-0.1, -0.05) is 26.0 Å². The van der Waals surface area contributed by atoms with Gasteiger partial charge in [0.1, 0.15) is 5.82 Å². The fourth-order valence-corrected chi connectivity index (χ4v) is 3.25. The molecule has 0 aliphatic carbocycles. The number of para-hydroxylation sites is 2. The molecule has 3 N–H and O–H groups in total. The number of hydrogen-bond donors (Lipinski definition) is 3. The van der Waals surface area contributed by atoms with Crippen molar-refractivity contribution < 1.29 is 19.4 Å². The first kappa shape index (κ1) is 21.4. The zero-order valence-corrected chi connectivity index (χ0v) is 17.4. The molecule has 0 aliphatic heterocycles. The van der Waals surface area contributed by atoms with Gasteiger partial charge in [-0.15, -0.1) is 0 Å². The largest absolute Gasteiger partial charge is 0.504 e. The van der Waals surface area contributed by atoms with Crippen molar-refractivity contribution in [3.63, 3.8) is 0 Å². The molecule has 0 spiro atoms. The summed E-state index contributed by atoms with van der Waals surface area (Å²) in [5, 5.41) is 12.8. The second-order valence-corrected chi connectivity index (χ2v) is 7.47. The summed E-state index contributed by atoms with van der Waals surface area (Å²) in [6.45, 7) is 6.20. The number of ether oxygens (including phenoxy) is 1. The maximum Gasteiger partial charge on any atom is 0.221 e. The highest BCUT2D eigenvalue weighted by molar-refractivity contribution is 5.98. The second-order valence-electron chi connectivity index (χ2n) is 7.47. The van der Waals surface area contributed by atoms with Crippen LogP contribution in [0.25, 0.3) is 11.0 Å². The van der Waals surface area contributed by atoms with E-state index < -0.39 is 0 Å². The van der Waals surface area contributed by atoms with E-state index in [1.165, 1.54) is 18.2 Å². The van der Waals surface area contributed by atoms with Gasteiger partial charge in [-0.05, 0) is 43.2 Å². The van der Waals surface area contributed by atoms with E-state index in [-0.39, 0.29) is 48.0 Å². The maximum absolute atomic E-state index is 12.5. The Morgan fingerprint density at radius 2 is 1.93 bits per heavy atom. The molecule has 1 heterocycles. The van der Waals surface area contributed by atoms with Gasteiger partial charge in [0.05, 0.1) is 23.7 Å². The van der Waals surface area contributed by atoms with Crippen molar-refractivity contribution in [1.29, 1.82) is 0 Å². The fraction of sp³-hybridized carbons (Fsp3) is 0.348. The smallest absolute Gasteiger partial charge is 0.221 e. The maximum atomic E-state index is 12.5. The van der Waals surface area contributed by atoms with Crippen molar-refractivity contribution >= 4 is 22.7 Å². The van der Waals surface area contributed by atoms with Gasteiger partial charge >= 0.3 is 0 Å². The Labute approximate surface area is 175 Å². The number of fused-ring (bicyclic) bond motifs is 1. The molecule has 3 rings (SSSR count). The summed E-state index contributed by atoms with van der Waals surface area (Å²) in [6, 6.07) is 11.9. The Balaban J connectivity index is 1.63. The molecule has 2 aromatic carbocycles. The average molecular weight is 409 g/mol. The van der Waals surface area contributed by atoms with Gasteiger partial charge < -0.3 is 20.1 Å². The molecular weight excluding hydrogens is 382 g/mol. The predicted molar refractivity (Wildman–Crippen MR) is 115 cm³/mol. The zero-order valence-electron chi connectivity index (χ0n) is 17.4. The monoisotopic (exact) mass is 409 g/mol. The Hall–Kier alpha value is -3.35. The zero-order chi connectivity index (χ0) is 21.7. The van der Waals surface area contributed by atoms with E-state index in [4.69, 9.17) is 4.74 Å². The predicted octanol–water partition coefficient (Wildman–Crippen LogP) is 4.14. The minimum absolute atomic E-state index is 0.0169. The number of nitrogens with zero attached hydrogens (tertiary/aromatic N) is 1. The normalized spacial score (nSPS) is 12.1. The van der Waals surface area contributed by atoms with E-state index in [1.807, 2.05) is 38.1 Å². The molecular formula is C23H27N3O4. The number of H-pyrrole nitrogens is 1. The topological polar surface area (TPSA) is 104 Å². The van der Waals surface area contributed by atoms with E-state index in [9.17, 15) is 14.7 Å². The van der Waals surface area contributed by atoms with Crippen LogP contribution < -0.4 is 10.1 Å². The number of phenols is 1. The van der Waals surface area contributed by atoms with Gasteiger partial charge in [-0.3, -0.25) is 9.59 Å². The van der Waals surface area contributed by atoms with Crippen LogP contribution in [0, 0.1) is 5.92 Å². The van der Waals surface area contributed by atoms with E-state index in [0.29, 0.717) is 18.0 Å². The van der Waals surface area contributed by atoms with Crippen molar-refractivity contribution in [2.75, 3.05) is 6.61 Å². The summed E-state index contributed by atoms with van der Waals surface area (Å²) in [5.74, 6) is 0.665. The van der Waals surface area contributed by atoms with Crippen molar-refractivity contribution in [1.82, 2.24) is 15.3 Å². The standard InChI is InChI=1S/C23H27N3O4/c1-4-30-20-13-15(9-10-19(20)28)18(27)11-12-21(29)26-22(14(2)3)23-24-16-7-5-6-8-17(16)25-23/h5-10,13-14,22,28H,4,11-12H2,1-3H3,(H,24,25)(H,26,29)/t22-/m0/s1. The molecule has 1 atom stereocenters. The number of aromatic amines is 1. The van der Waals surface area contributed by atoms with Crippen LogP contribution in [0.1, 0.15) is 55.8 Å². The van der Waals surface area contributed by atoms with Gasteiger partial charge in [0.2, 0.25) is 5.91 Å². The first-order valence-corrected chi connectivity index (χ1v) is 10.1. The quantitative estimate of drug-likeness (QED) is 0.461. The van der Waals surface area contributed by atoms with Crippen LogP contribution in [0.2, 0.25) is 0 Å². The molecule has 7 nitrogen and oxygen atoms in total. The molecule has 3 aromatic rings. The number of aromatic nitrogens is 2. The average Bonchev–Trinajstić information content (AvgIpc) is 3.15. The summed E-state index contributed by atoms with van der Waals surface area (Å²) < 4.78 is 5.31. The highest BCUT2D eigenvalue weighted by atomic mass is 16.5. The minimum atomic E-state index is -0.279. The number of ketones is 1. The Kier molecular flexibility index (Phi) is 6.72. The summed E-state index contributed by atoms with van der Waals surface area (Å²) in [7, 11) is 0. The number of Topliss-reactive ketones (excluding diaryl/α,β-unsaturated/α-hetero) is 1. The molecule has 0 saturated heterocycles. The lowest BCUT2D eigenvalue weighted by Gasteiger charge is -2.20. The molecule has 0 radical (unpaired) electrons. The Morgan fingerprint density at radius 3 is 2.63 bits per heavy atom. The third kappa shape index (κ3) is 4.97. The van der Waals surface area contributed by atoms with Crippen LogP contribution in [0.5, 0.6) is 11.5 Å².